The monoisotopic (exact) mass is 435 g/mol. The molecule has 3 rings (SSSR count). The first-order valence-corrected chi connectivity index (χ1v) is 11.7. The molecular weight excluding hydrogens is 402 g/mol. The van der Waals surface area contributed by atoms with E-state index in [0.717, 1.165) is 43.1 Å². The van der Waals surface area contributed by atoms with Gasteiger partial charge in [-0.1, -0.05) is 61.4 Å². The van der Waals surface area contributed by atoms with E-state index >= 15 is 0 Å². The van der Waals surface area contributed by atoms with Gasteiger partial charge in [-0.3, -0.25) is 14.4 Å². The molecular formula is C27H33NO4. The molecule has 1 fully saturated rings. The van der Waals surface area contributed by atoms with E-state index in [1.165, 1.54) is 5.39 Å². The van der Waals surface area contributed by atoms with Gasteiger partial charge in [0.05, 0.1) is 12.6 Å². The van der Waals surface area contributed by atoms with E-state index in [1.54, 1.807) is 6.08 Å². The van der Waals surface area contributed by atoms with Gasteiger partial charge in [0.1, 0.15) is 0 Å². The van der Waals surface area contributed by atoms with Crippen molar-refractivity contribution in [2.75, 3.05) is 13.2 Å². The average molecular weight is 436 g/mol. The molecule has 1 atom stereocenters. The van der Waals surface area contributed by atoms with Gasteiger partial charge in [0, 0.05) is 25.8 Å². The molecule has 2 aromatic carbocycles. The van der Waals surface area contributed by atoms with Gasteiger partial charge in [0.2, 0.25) is 5.91 Å². The van der Waals surface area contributed by atoms with Crippen molar-refractivity contribution in [1.29, 1.82) is 0 Å². The number of likely N-dealkylation sites (tertiary alicyclic amines) is 1. The zero-order valence-corrected chi connectivity index (χ0v) is 18.9. The Bertz CT molecular complexity index is 965. The first kappa shape index (κ1) is 23.7. The fourth-order valence-electron chi connectivity index (χ4n) is 4.21. The summed E-state index contributed by atoms with van der Waals surface area (Å²) in [5, 5.41) is 2.30. The third-order valence-electron chi connectivity index (χ3n) is 5.91. The van der Waals surface area contributed by atoms with Crippen molar-refractivity contribution in [3.05, 3.63) is 60.2 Å². The molecule has 0 N–H and O–H groups in total. The van der Waals surface area contributed by atoms with E-state index < -0.39 is 0 Å². The number of hydrogen-bond donors (Lipinski definition) is 0. The molecule has 1 heterocycles. The van der Waals surface area contributed by atoms with Crippen molar-refractivity contribution < 1.29 is 19.1 Å². The second kappa shape index (κ2) is 12.2. The summed E-state index contributed by atoms with van der Waals surface area (Å²) in [4.78, 5) is 38.0. The highest BCUT2D eigenvalue weighted by molar-refractivity contribution is 5.93. The van der Waals surface area contributed by atoms with Crippen molar-refractivity contribution >= 4 is 28.4 Å². The molecule has 5 heteroatoms. The number of esters is 1. The maximum atomic E-state index is 12.5. The Kier molecular flexibility index (Phi) is 9.02. The maximum Gasteiger partial charge on any atom is 0.305 e. The number of unbranched alkanes of at least 4 members (excludes halogenated alkanes) is 3. The van der Waals surface area contributed by atoms with E-state index in [1.807, 2.05) is 42.2 Å². The van der Waals surface area contributed by atoms with Gasteiger partial charge in [-0.2, -0.15) is 0 Å². The molecule has 0 aliphatic carbocycles. The van der Waals surface area contributed by atoms with Crippen LogP contribution in [0.15, 0.2) is 54.6 Å². The molecule has 2 aromatic rings. The Labute approximate surface area is 190 Å². The fraction of sp³-hybridized carbons (Fsp3) is 0.444. The number of allylic oxidation sites excluding steroid dienone is 1. The van der Waals surface area contributed by atoms with Crippen LogP contribution in [0.1, 0.15) is 57.4 Å². The quantitative estimate of drug-likeness (QED) is 0.267. The van der Waals surface area contributed by atoms with Crippen LogP contribution in [0.4, 0.5) is 0 Å². The van der Waals surface area contributed by atoms with Gasteiger partial charge in [-0.25, -0.2) is 0 Å². The van der Waals surface area contributed by atoms with Crippen LogP contribution < -0.4 is 0 Å². The zero-order valence-electron chi connectivity index (χ0n) is 18.9. The summed E-state index contributed by atoms with van der Waals surface area (Å²) < 4.78 is 4.93. The van der Waals surface area contributed by atoms with Gasteiger partial charge >= 0.3 is 5.97 Å². The zero-order chi connectivity index (χ0) is 22.8. The Morgan fingerprint density at radius 2 is 1.84 bits per heavy atom. The standard InChI is InChI=1S/C27H33NO4/c1-2-32-27(31)11-5-3-4-8-18-28-24(15-17-26(28)30)14-16-25(29)20-21-12-13-22-9-6-7-10-23(22)19-21/h6-7,9-10,12-14,16,19,24H,2-5,8,11,15,17-18,20H2,1H3/t24-/m0/s1. The molecule has 32 heavy (non-hydrogen) atoms. The number of hydrogen-bond acceptors (Lipinski definition) is 4. The van der Waals surface area contributed by atoms with Crippen molar-refractivity contribution in [3.63, 3.8) is 0 Å². The second-order valence-electron chi connectivity index (χ2n) is 8.35. The number of benzene rings is 2. The fourth-order valence-corrected chi connectivity index (χ4v) is 4.21. The summed E-state index contributed by atoms with van der Waals surface area (Å²) in [6.45, 7) is 2.94. The first-order valence-electron chi connectivity index (χ1n) is 11.7. The number of ether oxygens (including phenoxy) is 1. The minimum absolute atomic E-state index is 0.00239. The maximum absolute atomic E-state index is 12.5. The SMILES string of the molecule is CCOC(=O)CCCCCCN1C(=O)CC[C@@H]1C=CC(=O)Cc1ccc2ccccc2c1. The van der Waals surface area contributed by atoms with Crippen molar-refractivity contribution in [2.45, 2.75) is 64.3 Å². The van der Waals surface area contributed by atoms with Gasteiger partial charge < -0.3 is 9.64 Å². The molecule has 0 radical (unpaired) electrons. The molecule has 0 bridgehead atoms. The highest BCUT2D eigenvalue weighted by atomic mass is 16.5. The molecule has 170 valence electrons. The normalized spacial score (nSPS) is 16.2. The molecule has 0 unspecified atom stereocenters. The second-order valence-corrected chi connectivity index (χ2v) is 8.35. The van der Waals surface area contributed by atoms with Crippen LogP contribution in [0.3, 0.4) is 0 Å². The lowest BCUT2D eigenvalue weighted by Gasteiger charge is -2.22. The van der Waals surface area contributed by atoms with Gasteiger partial charge in [0.25, 0.3) is 0 Å². The topological polar surface area (TPSA) is 63.7 Å². The molecule has 1 saturated heterocycles. The number of ketones is 1. The van der Waals surface area contributed by atoms with E-state index in [0.29, 0.717) is 32.4 Å². The van der Waals surface area contributed by atoms with Gasteiger partial charge in [-0.05, 0) is 48.6 Å². The van der Waals surface area contributed by atoms with Crippen molar-refractivity contribution in [2.24, 2.45) is 0 Å². The number of carbonyl (C=O) groups is 3. The van der Waals surface area contributed by atoms with E-state index in [2.05, 4.69) is 18.2 Å². The van der Waals surface area contributed by atoms with Crippen LogP contribution in [0, 0.1) is 0 Å². The Balaban J connectivity index is 1.43. The minimum Gasteiger partial charge on any atom is -0.466 e. The van der Waals surface area contributed by atoms with Gasteiger partial charge in [0.15, 0.2) is 5.78 Å². The molecule has 1 amide bonds. The number of fused-ring (bicyclic) bond motifs is 1. The number of rotatable bonds is 12. The Hall–Kier alpha value is -2.95. The summed E-state index contributed by atoms with van der Waals surface area (Å²) in [6.07, 6.45) is 9.32. The molecule has 0 aromatic heterocycles. The molecule has 0 saturated carbocycles. The van der Waals surface area contributed by atoms with Crippen molar-refractivity contribution in [3.8, 4) is 0 Å². The smallest absolute Gasteiger partial charge is 0.305 e. The van der Waals surface area contributed by atoms with E-state index in [9.17, 15) is 14.4 Å². The Morgan fingerprint density at radius 3 is 2.66 bits per heavy atom. The summed E-state index contributed by atoms with van der Waals surface area (Å²) >= 11 is 0. The molecule has 1 aliphatic rings. The summed E-state index contributed by atoms with van der Waals surface area (Å²) in [7, 11) is 0. The van der Waals surface area contributed by atoms with Gasteiger partial charge in [-0.15, -0.1) is 0 Å². The van der Waals surface area contributed by atoms with Crippen LogP contribution in [-0.2, 0) is 25.5 Å². The summed E-state index contributed by atoms with van der Waals surface area (Å²) in [5.41, 5.74) is 1.00. The lowest BCUT2D eigenvalue weighted by Crippen LogP contribution is -2.32. The lowest BCUT2D eigenvalue weighted by atomic mass is 10.0. The van der Waals surface area contributed by atoms with Crippen LogP contribution in [0.5, 0.6) is 0 Å². The Morgan fingerprint density at radius 1 is 1.06 bits per heavy atom. The minimum atomic E-state index is -0.138. The molecule has 0 spiro atoms. The van der Waals surface area contributed by atoms with Crippen molar-refractivity contribution in [1.82, 2.24) is 4.90 Å². The molecule has 1 aliphatic heterocycles. The van der Waals surface area contributed by atoms with E-state index in [4.69, 9.17) is 4.74 Å². The highest BCUT2D eigenvalue weighted by Gasteiger charge is 2.28. The predicted molar refractivity (Wildman–Crippen MR) is 126 cm³/mol. The van der Waals surface area contributed by atoms with Crippen LogP contribution in [-0.4, -0.2) is 41.8 Å². The number of nitrogens with zero attached hydrogens (tertiary/aromatic N) is 1. The number of carbonyl (C=O) groups excluding carboxylic acids is 3. The van der Waals surface area contributed by atoms with E-state index in [-0.39, 0.29) is 23.7 Å². The van der Waals surface area contributed by atoms with Crippen LogP contribution >= 0.6 is 0 Å². The average Bonchev–Trinajstić information content (AvgIpc) is 3.14. The largest absolute Gasteiger partial charge is 0.466 e. The van der Waals surface area contributed by atoms with Crippen LogP contribution in [0.25, 0.3) is 10.8 Å². The summed E-state index contributed by atoms with van der Waals surface area (Å²) in [5.74, 6) is 0.0764. The third-order valence-corrected chi connectivity index (χ3v) is 5.91. The first-order chi connectivity index (χ1) is 15.6. The summed E-state index contributed by atoms with van der Waals surface area (Å²) in [6, 6.07) is 14.2. The third kappa shape index (κ3) is 7.04. The molecule has 5 nitrogen and oxygen atoms in total. The predicted octanol–water partition coefficient (Wildman–Crippen LogP) is 5.01. The van der Waals surface area contributed by atoms with Crippen LogP contribution in [0.2, 0.25) is 0 Å². The lowest BCUT2D eigenvalue weighted by molar-refractivity contribution is -0.143. The number of amides is 1. The highest BCUT2D eigenvalue weighted by Crippen LogP contribution is 2.21.